The highest BCUT2D eigenvalue weighted by atomic mass is 35.5. The summed E-state index contributed by atoms with van der Waals surface area (Å²) in [4.78, 5) is 12.0. The second kappa shape index (κ2) is 19.3. The van der Waals surface area contributed by atoms with E-state index in [0.29, 0.717) is 30.4 Å². The smallest absolute Gasteiger partial charge is 0.330 e. The van der Waals surface area contributed by atoms with Crippen molar-refractivity contribution >= 4 is 25.9 Å². The zero-order chi connectivity index (χ0) is 32.8. The van der Waals surface area contributed by atoms with Gasteiger partial charge in [-0.3, -0.25) is 0 Å². The number of hydrogen-bond donors (Lipinski definition) is 0. The van der Waals surface area contributed by atoms with Crippen molar-refractivity contribution in [2.75, 3.05) is 26.9 Å². The minimum Gasteiger partial charge on any atom is -0.490 e. The normalized spacial score (nSPS) is 28.1. The van der Waals surface area contributed by atoms with Gasteiger partial charge in [0.15, 0.2) is 20.9 Å². The summed E-state index contributed by atoms with van der Waals surface area (Å²) in [7, 11) is -0.529. The van der Waals surface area contributed by atoms with Crippen LogP contribution in [0, 0.1) is 11.8 Å². The average molecular weight is 679 g/mol. The van der Waals surface area contributed by atoms with Crippen LogP contribution in [0.2, 0.25) is 23.2 Å². The van der Waals surface area contributed by atoms with Crippen molar-refractivity contribution in [3.05, 3.63) is 53.6 Å². The number of benzene rings is 1. The molecule has 3 aliphatic rings. The maximum atomic E-state index is 12.0. The number of carbonyl (C=O) groups is 1. The second-order valence-corrected chi connectivity index (χ2v) is 17.8. The standard InChI is InChI=1S/C36H55ClO8Si/c1-5-46(6-2,7-3)45-33-25-32(44-36-19-9-11-23-41-36)31(30(33)16-13-17-34(38)39-4)21-20-29(43-35-18-8-10-22-40-35)26-42-28-15-12-14-27(37)24-28/h12-15,17,20-21,24,29-33,35-36H,5-11,16,18-19,22-23,25-26H2,1-4H3/b17-13-,21-20+/t29-,30-,31-,32-,33+,35?,36?/m1/s1. The molecule has 2 saturated heterocycles. The third-order valence-electron chi connectivity index (χ3n) is 9.75. The van der Waals surface area contributed by atoms with Crippen molar-refractivity contribution in [3.8, 4) is 5.75 Å². The lowest BCUT2D eigenvalue weighted by Gasteiger charge is -2.34. The molecule has 7 atom stereocenters. The van der Waals surface area contributed by atoms with E-state index in [1.165, 1.54) is 13.2 Å². The van der Waals surface area contributed by atoms with E-state index in [-0.39, 0.29) is 48.7 Å². The van der Waals surface area contributed by atoms with Gasteiger partial charge in [0.25, 0.3) is 0 Å². The van der Waals surface area contributed by atoms with Crippen LogP contribution < -0.4 is 4.74 Å². The quantitative estimate of drug-likeness (QED) is 0.0705. The van der Waals surface area contributed by atoms with Crippen LogP contribution in [0.25, 0.3) is 0 Å². The molecule has 2 heterocycles. The highest BCUT2D eigenvalue weighted by Crippen LogP contribution is 2.43. The van der Waals surface area contributed by atoms with Crippen LogP contribution >= 0.6 is 11.6 Å². The van der Waals surface area contributed by atoms with Gasteiger partial charge in [-0.1, -0.05) is 56.7 Å². The molecular formula is C36H55ClO8Si. The molecule has 2 aliphatic heterocycles. The van der Waals surface area contributed by atoms with Crippen molar-refractivity contribution in [2.24, 2.45) is 11.8 Å². The topological polar surface area (TPSA) is 81.7 Å². The van der Waals surface area contributed by atoms with Crippen LogP contribution in [0.5, 0.6) is 5.75 Å². The molecule has 1 saturated carbocycles. The molecule has 0 radical (unpaired) electrons. The number of halogens is 1. The minimum absolute atomic E-state index is 0.000751. The van der Waals surface area contributed by atoms with Gasteiger partial charge in [0.1, 0.15) is 18.5 Å². The Morgan fingerprint density at radius 1 is 1.02 bits per heavy atom. The lowest BCUT2D eigenvalue weighted by molar-refractivity contribution is -0.193. The van der Waals surface area contributed by atoms with E-state index >= 15 is 0 Å². The van der Waals surface area contributed by atoms with E-state index in [1.54, 1.807) is 6.07 Å². The molecule has 0 bridgehead atoms. The lowest BCUT2D eigenvalue weighted by atomic mass is 9.89. The summed E-state index contributed by atoms with van der Waals surface area (Å²) in [6.07, 6.45) is 14.3. The average Bonchev–Trinajstić information content (AvgIpc) is 3.40. The van der Waals surface area contributed by atoms with Crippen LogP contribution in [-0.2, 0) is 32.9 Å². The summed E-state index contributed by atoms with van der Waals surface area (Å²) < 4.78 is 43.5. The first-order valence-electron chi connectivity index (χ1n) is 17.4. The summed E-state index contributed by atoms with van der Waals surface area (Å²) >= 11 is 6.22. The Morgan fingerprint density at radius 3 is 2.37 bits per heavy atom. The highest BCUT2D eigenvalue weighted by Gasteiger charge is 2.47. The SMILES string of the molecule is CC[Si](CC)(CC)O[C@H]1C[C@@H](OC2CCCCO2)[C@H](/C=C/[C@H](COc2cccc(Cl)c2)OC2CCCCO2)[C@H]1C/C=C\C(=O)OC. The number of hydrogen-bond acceptors (Lipinski definition) is 8. The summed E-state index contributed by atoms with van der Waals surface area (Å²) in [5.74, 6) is 0.446. The number of allylic oxidation sites excluding steroid dienone is 1. The maximum absolute atomic E-state index is 12.0. The largest absolute Gasteiger partial charge is 0.490 e. The van der Waals surface area contributed by atoms with Gasteiger partial charge >= 0.3 is 5.97 Å². The van der Waals surface area contributed by atoms with Gasteiger partial charge in [-0.2, -0.15) is 0 Å². The molecule has 46 heavy (non-hydrogen) atoms. The Balaban J connectivity index is 1.62. The van der Waals surface area contributed by atoms with Gasteiger partial charge in [0.05, 0.1) is 19.3 Å². The van der Waals surface area contributed by atoms with Gasteiger partial charge in [-0.05, 0) is 93.6 Å². The molecule has 3 fully saturated rings. The summed E-state index contributed by atoms with van der Waals surface area (Å²) in [6, 6.07) is 10.6. The molecule has 0 amide bonds. The Bertz CT molecular complexity index is 1090. The van der Waals surface area contributed by atoms with Crippen molar-refractivity contribution in [3.63, 3.8) is 0 Å². The third kappa shape index (κ3) is 11.2. The number of carbonyl (C=O) groups excluding carboxylic acids is 1. The van der Waals surface area contributed by atoms with E-state index in [4.69, 9.17) is 44.4 Å². The molecule has 258 valence electrons. The fourth-order valence-corrected chi connectivity index (χ4v) is 9.90. The number of esters is 1. The molecule has 1 aromatic carbocycles. The second-order valence-electron chi connectivity index (χ2n) is 12.6. The van der Waals surface area contributed by atoms with E-state index < -0.39 is 8.32 Å². The first-order chi connectivity index (χ1) is 22.4. The molecule has 0 aromatic heterocycles. The maximum Gasteiger partial charge on any atom is 0.330 e. The van der Waals surface area contributed by atoms with Gasteiger partial charge in [-0.15, -0.1) is 0 Å². The molecular weight excluding hydrogens is 624 g/mol. The van der Waals surface area contributed by atoms with Crippen molar-refractivity contribution in [1.82, 2.24) is 0 Å². The highest BCUT2D eigenvalue weighted by molar-refractivity contribution is 6.73. The van der Waals surface area contributed by atoms with E-state index in [2.05, 4.69) is 32.9 Å². The molecule has 1 aliphatic carbocycles. The Hall–Kier alpha value is -1.72. The Morgan fingerprint density at radius 2 is 1.74 bits per heavy atom. The zero-order valence-electron chi connectivity index (χ0n) is 28.2. The zero-order valence-corrected chi connectivity index (χ0v) is 30.0. The van der Waals surface area contributed by atoms with Gasteiger partial charge in [0.2, 0.25) is 0 Å². The van der Waals surface area contributed by atoms with Crippen LogP contribution in [-0.4, -0.2) is 72.1 Å². The fraction of sp³-hybridized carbons (Fsp3) is 0.694. The van der Waals surface area contributed by atoms with Crippen molar-refractivity contribution < 1.29 is 37.6 Å². The monoisotopic (exact) mass is 678 g/mol. The first kappa shape index (κ1) is 37.1. The van der Waals surface area contributed by atoms with E-state index in [9.17, 15) is 4.79 Å². The third-order valence-corrected chi connectivity index (χ3v) is 14.7. The van der Waals surface area contributed by atoms with E-state index in [0.717, 1.165) is 69.7 Å². The van der Waals surface area contributed by atoms with Crippen LogP contribution in [0.15, 0.2) is 48.6 Å². The van der Waals surface area contributed by atoms with Gasteiger partial charge < -0.3 is 32.8 Å². The van der Waals surface area contributed by atoms with Gasteiger partial charge in [0, 0.05) is 30.2 Å². The predicted molar refractivity (Wildman–Crippen MR) is 182 cm³/mol. The molecule has 4 rings (SSSR count). The molecule has 0 N–H and O–H groups in total. The Kier molecular flexibility index (Phi) is 15.6. The molecule has 8 nitrogen and oxygen atoms in total. The number of rotatable bonds is 17. The predicted octanol–water partition coefficient (Wildman–Crippen LogP) is 8.24. The summed E-state index contributed by atoms with van der Waals surface area (Å²) in [5, 5.41) is 0.622. The van der Waals surface area contributed by atoms with E-state index in [1.807, 2.05) is 24.3 Å². The molecule has 2 unspecified atom stereocenters. The van der Waals surface area contributed by atoms with Gasteiger partial charge in [-0.25, -0.2) is 4.79 Å². The lowest BCUT2D eigenvalue weighted by Crippen LogP contribution is -2.41. The van der Waals surface area contributed by atoms with Crippen LogP contribution in [0.4, 0.5) is 0 Å². The number of ether oxygens (including phenoxy) is 6. The van der Waals surface area contributed by atoms with Crippen LogP contribution in [0.1, 0.15) is 72.1 Å². The fourth-order valence-electron chi connectivity index (χ4n) is 6.81. The first-order valence-corrected chi connectivity index (χ1v) is 20.3. The van der Waals surface area contributed by atoms with Crippen molar-refractivity contribution in [2.45, 2.75) is 121 Å². The van der Waals surface area contributed by atoms with Crippen molar-refractivity contribution in [1.29, 1.82) is 0 Å². The summed E-state index contributed by atoms with van der Waals surface area (Å²) in [6.45, 7) is 8.51. The van der Waals surface area contributed by atoms with Crippen LogP contribution in [0.3, 0.4) is 0 Å². The minimum atomic E-state index is -1.93. The Labute approximate surface area is 282 Å². The number of methoxy groups -OCH3 is 1. The molecule has 10 heteroatoms. The molecule has 1 aromatic rings. The summed E-state index contributed by atoms with van der Waals surface area (Å²) in [5.41, 5.74) is 0. The molecule has 0 spiro atoms.